The Bertz CT molecular complexity index is 334. The highest BCUT2D eigenvalue weighted by molar-refractivity contribution is 5.67. The predicted molar refractivity (Wildman–Crippen MR) is 49.2 cm³/mol. The molecule has 0 aromatic carbocycles. The smallest absolute Gasteiger partial charge is 0.0871 e. The van der Waals surface area contributed by atoms with Gasteiger partial charge in [-0.2, -0.15) is 5.11 Å². The zero-order chi connectivity index (χ0) is 9.30. The van der Waals surface area contributed by atoms with Gasteiger partial charge in [-0.05, 0) is 26.3 Å². The summed E-state index contributed by atoms with van der Waals surface area (Å²) in [5.41, 5.74) is 11.6. The molecule has 0 unspecified atom stereocenters. The normalized spacial score (nSPS) is 9.92. The Balaban J connectivity index is 3.31. The molecule has 0 spiro atoms. The number of rotatable bonds is 2. The van der Waals surface area contributed by atoms with E-state index in [0.29, 0.717) is 5.70 Å². The van der Waals surface area contributed by atoms with Gasteiger partial charge in [-0.3, -0.25) is 0 Å². The van der Waals surface area contributed by atoms with Crippen LogP contribution in [0, 0.1) is 26.3 Å². The Hall–Kier alpha value is -1.38. The molecule has 0 radical (unpaired) electrons. The number of hydrogen-bond acceptors (Lipinski definition) is 2. The Morgan fingerprint density at radius 3 is 2.25 bits per heavy atom. The third kappa shape index (κ3) is 1.18. The highest BCUT2D eigenvalue weighted by atomic mass is 15.0. The number of nitrogens with one attached hydrogen (secondary N) is 2. The van der Waals surface area contributed by atoms with Crippen LogP contribution in [-0.2, 0) is 0 Å². The Kier molecular flexibility index (Phi) is 2.13. The first-order valence-electron chi connectivity index (χ1n) is 3.80. The van der Waals surface area contributed by atoms with Crippen molar-refractivity contribution in [1.29, 1.82) is 5.53 Å². The molecule has 1 heterocycles. The van der Waals surface area contributed by atoms with Crippen molar-refractivity contribution in [3.05, 3.63) is 29.1 Å². The Morgan fingerprint density at radius 2 is 1.92 bits per heavy atom. The number of aromatic nitrogens is 1. The van der Waals surface area contributed by atoms with Crippen LogP contribution >= 0.6 is 0 Å². The first-order valence-corrected chi connectivity index (χ1v) is 3.80. The molecule has 0 aliphatic heterocycles. The average Bonchev–Trinajstić information content (AvgIpc) is 2.26. The van der Waals surface area contributed by atoms with Gasteiger partial charge in [0.25, 0.3) is 0 Å². The van der Waals surface area contributed by atoms with Gasteiger partial charge in [0.15, 0.2) is 0 Å². The second kappa shape index (κ2) is 2.93. The van der Waals surface area contributed by atoms with Crippen LogP contribution in [-0.4, -0.2) is 4.98 Å². The second-order valence-electron chi connectivity index (χ2n) is 2.93. The van der Waals surface area contributed by atoms with E-state index in [9.17, 15) is 0 Å². The Labute approximate surface area is 72.0 Å². The maximum Gasteiger partial charge on any atom is 0.0871 e. The van der Waals surface area contributed by atoms with Crippen LogP contribution < -0.4 is 0 Å². The van der Waals surface area contributed by atoms with Gasteiger partial charge in [-0.1, -0.05) is 6.58 Å². The Morgan fingerprint density at radius 1 is 1.33 bits per heavy atom. The molecule has 1 aromatic rings. The SMILES string of the molecule is C=C(N=N)c1c(C)[nH]c(C)c1C. The van der Waals surface area contributed by atoms with Crippen molar-refractivity contribution in [1.82, 2.24) is 4.98 Å². The van der Waals surface area contributed by atoms with E-state index in [1.165, 1.54) is 0 Å². The largest absolute Gasteiger partial charge is 0.362 e. The molecule has 0 aliphatic rings. The summed E-state index contributed by atoms with van der Waals surface area (Å²) < 4.78 is 0. The van der Waals surface area contributed by atoms with Gasteiger partial charge in [0.2, 0.25) is 0 Å². The topological polar surface area (TPSA) is 52.0 Å². The van der Waals surface area contributed by atoms with Crippen molar-refractivity contribution in [3.63, 3.8) is 0 Å². The zero-order valence-corrected chi connectivity index (χ0v) is 7.65. The summed E-state index contributed by atoms with van der Waals surface area (Å²) in [5.74, 6) is 0. The third-order valence-corrected chi connectivity index (χ3v) is 2.11. The summed E-state index contributed by atoms with van der Waals surface area (Å²) in [6.07, 6.45) is 0. The minimum absolute atomic E-state index is 0.523. The van der Waals surface area contributed by atoms with Crippen molar-refractivity contribution < 1.29 is 0 Å². The van der Waals surface area contributed by atoms with Crippen LogP contribution in [0.2, 0.25) is 0 Å². The van der Waals surface area contributed by atoms with E-state index in [2.05, 4.69) is 16.7 Å². The zero-order valence-electron chi connectivity index (χ0n) is 7.65. The number of aromatic amines is 1. The minimum atomic E-state index is 0.523. The lowest BCUT2D eigenvalue weighted by atomic mass is 10.1. The summed E-state index contributed by atoms with van der Waals surface area (Å²) in [7, 11) is 0. The molecule has 64 valence electrons. The number of hydrogen-bond donors (Lipinski definition) is 2. The number of aryl methyl sites for hydroxylation is 2. The third-order valence-electron chi connectivity index (χ3n) is 2.11. The molecule has 3 heteroatoms. The summed E-state index contributed by atoms with van der Waals surface area (Å²) in [4.78, 5) is 3.19. The van der Waals surface area contributed by atoms with Crippen molar-refractivity contribution in [3.8, 4) is 0 Å². The molecule has 0 aliphatic carbocycles. The molecule has 3 nitrogen and oxygen atoms in total. The monoisotopic (exact) mass is 163 g/mol. The fraction of sp³-hybridized carbons (Fsp3) is 0.333. The molecule has 1 rings (SSSR count). The van der Waals surface area contributed by atoms with Crippen LogP contribution in [0.1, 0.15) is 22.5 Å². The van der Waals surface area contributed by atoms with E-state index in [-0.39, 0.29) is 0 Å². The number of nitrogens with zero attached hydrogens (tertiary/aromatic N) is 1. The van der Waals surface area contributed by atoms with E-state index >= 15 is 0 Å². The van der Waals surface area contributed by atoms with Crippen LogP contribution in [0.4, 0.5) is 0 Å². The van der Waals surface area contributed by atoms with Crippen LogP contribution in [0.25, 0.3) is 5.70 Å². The number of H-pyrrole nitrogens is 1. The lowest BCUT2D eigenvalue weighted by Gasteiger charge is -1.98. The van der Waals surface area contributed by atoms with Gasteiger partial charge < -0.3 is 4.98 Å². The van der Waals surface area contributed by atoms with Crippen LogP contribution in [0.3, 0.4) is 0 Å². The van der Waals surface area contributed by atoms with Crippen LogP contribution in [0.15, 0.2) is 11.7 Å². The molecular weight excluding hydrogens is 150 g/mol. The lowest BCUT2D eigenvalue weighted by Crippen LogP contribution is -1.82. The fourth-order valence-electron chi connectivity index (χ4n) is 1.40. The first-order chi connectivity index (χ1) is 5.57. The van der Waals surface area contributed by atoms with E-state index < -0.39 is 0 Å². The van der Waals surface area contributed by atoms with Gasteiger partial charge in [0.05, 0.1) is 5.70 Å². The van der Waals surface area contributed by atoms with Crippen molar-refractivity contribution >= 4 is 5.70 Å². The van der Waals surface area contributed by atoms with Crippen molar-refractivity contribution in [2.45, 2.75) is 20.8 Å². The van der Waals surface area contributed by atoms with Gasteiger partial charge in [-0.25, -0.2) is 5.53 Å². The molecule has 2 N–H and O–H groups in total. The molecule has 0 fully saturated rings. The summed E-state index contributed by atoms with van der Waals surface area (Å²) >= 11 is 0. The van der Waals surface area contributed by atoms with Crippen LogP contribution in [0.5, 0.6) is 0 Å². The van der Waals surface area contributed by atoms with Crippen molar-refractivity contribution in [2.24, 2.45) is 5.11 Å². The maximum atomic E-state index is 6.86. The van der Waals surface area contributed by atoms with E-state index in [1.807, 2.05) is 20.8 Å². The summed E-state index contributed by atoms with van der Waals surface area (Å²) in [6, 6.07) is 0. The highest BCUT2D eigenvalue weighted by Crippen LogP contribution is 2.24. The first kappa shape index (κ1) is 8.71. The second-order valence-corrected chi connectivity index (χ2v) is 2.93. The van der Waals surface area contributed by atoms with Gasteiger partial charge in [0, 0.05) is 17.0 Å². The molecule has 0 atom stereocenters. The predicted octanol–water partition coefficient (Wildman–Crippen LogP) is 2.94. The van der Waals surface area contributed by atoms with Gasteiger partial charge in [-0.15, -0.1) is 0 Å². The van der Waals surface area contributed by atoms with Crippen molar-refractivity contribution in [2.75, 3.05) is 0 Å². The molecule has 0 amide bonds. The van der Waals surface area contributed by atoms with E-state index in [4.69, 9.17) is 5.53 Å². The molecular formula is C9H13N3. The van der Waals surface area contributed by atoms with Gasteiger partial charge >= 0.3 is 0 Å². The molecule has 12 heavy (non-hydrogen) atoms. The molecule has 0 bridgehead atoms. The highest BCUT2D eigenvalue weighted by Gasteiger charge is 2.10. The van der Waals surface area contributed by atoms with E-state index in [0.717, 1.165) is 22.5 Å². The molecule has 0 saturated heterocycles. The van der Waals surface area contributed by atoms with Gasteiger partial charge in [0.1, 0.15) is 0 Å². The van der Waals surface area contributed by atoms with E-state index in [1.54, 1.807) is 0 Å². The summed E-state index contributed by atoms with van der Waals surface area (Å²) in [6.45, 7) is 9.68. The minimum Gasteiger partial charge on any atom is -0.362 e. The maximum absolute atomic E-state index is 6.86. The lowest BCUT2D eigenvalue weighted by molar-refractivity contribution is 1.14. The fourth-order valence-corrected chi connectivity index (χ4v) is 1.40. The average molecular weight is 163 g/mol. The standard InChI is InChI=1S/C9H13N3/c1-5-6(2)11-7(3)9(5)8(4)12-10/h10-11H,4H2,1-3H3. The summed E-state index contributed by atoms with van der Waals surface area (Å²) in [5, 5.41) is 3.33. The molecule has 1 aromatic heterocycles. The molecule has 0 saturated carbocycles. The quantitative estimate of drug-likeness (QED) is 0.630.